The van der Waals surface area contributed by atoms with Crippen molar-refractivity contribution in [3.05, 3.63) is 28.8 Å². The van der Waals surface area contributed by atoms with Crippen molar-refractivity contribution >= 4 is 27.5 Å². The van der Waals surface area contributed by atoms with Crippen LogP contribution < -0.4 is 0 Å². The van der Waals surface area contributed by atoms with Crippen LogP contribution in [0.3, 0.4) is 0 Å². The summed E-state index contributed by atoms with van der Waals surface area (Å²) in [6.07, 6.45) is 0. The lowest BCUT2D eigenvalue weighted by Crippen LogP contribution is -2.47. The van der Waals surface area contributed by atoms with Crippen LogP contribution in [-0.4, -0.2) is 74.7 Å². The Hall–Kier alpha value is -1.15. The van der Waals surface area contributed by atoms with E-state index in [2.05, 4.69) is 4.90 Å². The van der Waals surface area contributed by atoms with E-state index in [4.69, 9.17) is 11.6 Å². The lowest BCUT2D eigenvalue weighted by atomic mass is 10.2. The minimum absolute atomic E-state index is 0.00663. The van der Waals surface area contributed by atoms with E-state index in [0.29, 0.717) is 31.7 Å². The predicted octanol–water partition coefficient (Wildman–Crippen LogP) is 1.76. The van der Waals surface area contributed by atoms with E-state index in [1.807, 2.05) is 7.05 Å². The van der Waals surface area contributed by atoms with E-state index in [1.165, 1.54) is 16.4 Å². The summed E-state index contributed by atoms with van der Waals surface area (Å²) in [6.45, 7) is 7.14. The highest BCUT2D eigenvalue weighted by molar-refractivity contribution is 7.89. The largest absolute Gasteiger partial charge is 0.336 e. The van der Waals surface area contributed by atoms with Crippen LogP contribution in [0.4, 0.5) is 0 Å². The Labute approximate surface area is 149 Å². The SMILES string of the molecule is CCN(CC)S(=O)(=O)c1cc(C(=O)N2CCN(C)CC2)ccc1Cl. The van der Waals surface area contributed by atoms with Crippen LogP contribution in [0, 0.1) is 0 Å². The summed E-state index contributed by atoms with van der Waals surface area (Å²) in [4.78, 5) is 16.6. The number of amides is 1. The third-order valence-electron chi connectivity index (χ3n) is 4.29. The van der Waals surface area contributed by atoms with Gasteiger partial charge in [0.1, 0.15) is 4.90 Å². The molecule has 0 aliphatic carbocycles. The van der Waals surface area contributed by atoms with Crippen LogP contribution in [0.5, 0.6) is 0 Å². The van der Waals surface area contributed by atoms with Crippen LogP contribution in [0.15, 0.2) is 23.1 Å². The van der Waals surface area contributed by atoms with Crippen LogP contribution in [0.2, 0.25) is 5.02 Å². The highest BCUT2D eigenvalue weighted by Gasteiger charge is 2.27. The van der Waals surface area contributed by atoms with Gasteiger partial charge in [-0.05, 0) is 25.2 Å². The van der Waals surface area contributed by atoms with Gasteiger partial charge in [-0.3, -0.25) is 4.79 Å². The maximum atomic E-state index is 12.7. The first-order valence-electron chi connectivity index (χ1n) is 8.08. The number of hydrogen-bond donors (Lipinski definition) is 0. The molecule has 0 atom stereocenters. The first kappa shape index (κ1) is 19.2. The fourth-order valence-electron chi connectivity index (χ4n) is 2.73. The summed E-state index contributed by atoms with van der Waals surface area (Å²) in [6, 6.07) is 4.47. The Morgan fingerprint density at radius 2 is 1.75 bits per heavy atom. The molecule has 1 aromatic carbocycles. The van der Waals surface area contributed by atoms with Gasteiger partial charge in [0, 0.05) is 44.8 Å². The Kier molecular flexibility index (Phi) is 6.25. The zero-order valence-corrected chi connectivity index (χ0v) is 15.9. The average molecular weight is 374 g/mol. The van der Waals surface area contributed by atoms with Gasteiger partial charge in [-0.25, -0.2) is 8.42 Å². The lowest BCUT2D eigenvalue weighted by molar-refractivity contribution is 0.0664. The van der Waals surface area contributed by atoms with Crippen LogP contribution in [0.25, 0.3) is 0 Å². The monoisotopic (exact) mass is 373 g/mol. The Balaban J connectivity index is 2.33. The molecule has 0 radical (unpaired) electrons. The van der Waals surface area contributed by atoms with E-state index in [1.54, 1.807) is 24.8 Å². The predicted molar refractivity (Wildman–Crippen MR) is 95.0 cm³/mol. The second-order valence-electron chi connectivity index (χ2n) is 5.83. The molecular formula is C16H24ClN3O3S. The minimum atomic E-state index is -3.70. The average Bonchev–Trinajstić information content (AvgIpc) is 2.56. The standard InChI is InChI=1S/C16H24ClN3O3S/c1-4-20(5-2)24(22,23)15-12-13(6-7-14(15)17)16(21)19-10-8-18(3)9-11-19/h6-7,12H,4-5,8-11H2,1-3H3. The summed E-state index contributed by atoms with van der Waals surface area (Å²) < 4.78 is 26.8. The molecule has 1 amide bonds. The van der Waals surface area contributed by atoms with Crippen LogP contribution in [-0.2, 0) is 10.0 Å². The highest BCUT2D eigenvalue weighted by atomic mass is 35.5. The zero-order valence-electron chi connectivity index (χ0n) is 14.3. The molecule has 1 heterocycles. The minimum Gasteiger partial charge on any atom is -0.336 e. The molecule has 0 bridgehead atoms. The summed E-state index contributed by atoms with van der Waals surface area (Å²) >= 11 is 6.11. The van der Waals surface area contributed by atoms with Crippen LogP contribution in [0.1, 0.15) is 24.2 Å². The molecule has 0 N–H and O–H groups in total. The van der Waals surface area contributed by atoms with Crippen molar-refractivity contribution in [2.24, 2.45) is 0 Å². The second-order valence-corrected chi connectivity index (χ2v) is 8.14. The van der Waals surface area contributed by atoms with Gasteiger partial charge in [0.25, 0.3) is 5.91 Å². The third kappa shape index (κ3) is 3.91. The Morgan fingerprint density at radius 3 is 2.29 bits per heavy atom. The molecule has 0 aromatic heterocycles. The number of benzene rings is 1. The number of sulfonamides is 1. The van der Waals surface area contributed by atoms with Gasteiger partial charge in [-0.1, -0.05) is 25.4 Å². The maximum Gasteiger partial charge on any atom is 0.253 e. The zero-order chi connectivity index (χ0) is 17.9. The molecule has 1 saturated heterocycles. The van der Waals surface area contributed by atoms with Gasteiger partial charge in [0.05, 0.1) is 5.02 Å². The number of carbonyl (C=O) groups excluding carboxylic acids is 1. The van der Waals surface area contributed by atoms with Gasteiger partial charge in [-0.2, -0.15) is 4.31 Å². The normalized spacial score (nSPS) is 16.6. The number of nitrogens with zero attached hydrogens (tertiary/aromatic N) is 3. The smallest absolute Gasteiger partial charge is 0.253 e. The van der Waals surface area contributed by atoms with Gasteiger partial charge in [0.15, 0.2) is 0 Å². The summed E-state index contributed by atoms with van der Waals surface area (Å²) in [5.74, 6) is -0.157. The lowest BCUT2D eigenvalue weighted by Gasteiger charge is -2.32. The van der Waals surface area contributed by atoms with Gasteiger partial charge < -0.3 is 9.80 Å². The van der Waals surface area contributed by atoms with E-state index < -0.39 is 10.0 Å². The number of piperazine rings is 1. The van der Waals surface area contributed by atoms with E-state index in [-0.39, 0.29) is 15.8 Å². The van der Waals surface area contributed by atoms with Crippen molar-refractivity contribution in [2.45, 2.75) is 18.7 Å². The number of likely N-dealkylation sites (N-methyl/N-ethyl adjacent to an activating group) is 1. The molecule has 134 valence electrons. The molecule has 0 saturated carbocycles. The van der Waals surface area contributed by atoms with Crippen molar-refractivity contribution in [1.29, 1.82) is 0 Å². The van der Waals surface area contributed by atoms with Crippen molar-refractivity contribution in [3.8, 4) is 0 Å². The van der Waals surface area contributed by atoms with Gasteiger partial charge >= 0.3 is 0 Å². The summed E-state index contributed by atoms with van der Waals surface area (Å²) in [5, 5.41) is 0.136. The molecule has 1 fully saturated rings. The molecular weight excluding hydrogens is 350 g/mol. The van der Waals surface area contributed by atoms with Crippen molar-refractivity contribution < 1.29 is 13.2 Å². The maximum absolute atomic E-state index is 12.7. The Morgan fingerprint density at radius 1 is 1.17 bits per heavy atom. The first-order chi connectivity index (χ1) is 11.3. The molecule has 0 unspecified atom stereocenters. The number of halogens is 1. The van der Waals surface area contributed by atoms with E-state index in [0.717, 1.165) is 13.1 Å². The fraction of sp³-hybridized carbons (Fsp3) is 0.562. The van der Waals surface area contributed by atoms with Crippen LogP contribution >= 0.6 is 11.6 Å². The van der Waals surface area contributed by atoms with Gasteiger partial charge in [-0.15, -0.1) is 0 Å². The second kappa shape index (κ2) is 7.82. The molecule has 1 aliphatic rings. The topological polar surface area (TPSA) is 60.9 Å². The van der Waals surface area contributed by atoms with Crippen molar-refractivity contribution in [1.82, 2.24) is 14.1 Å². The molecule has 1 aliphatic heterocycles. The summed E-state index contributed by atoms with van der Waals surface area (Å²) in [7, 11) is -1.69. The number of carbonyl (C=O) groups is 1. The number of hydrogen-bond acceptors (Lipinski definition) is 4. The molecule has 24 heavy (non-hydrogen) atoms. The molecule has 6 nitrogen and oxygen atoms in total. The van der Waals surface area contributed by atoms with Crippen molar-refractivity contribution in [2.75, 3.05) is 46.3 Å². The summed E-state index contributed by atoms with van der Waals surface area (Å²) in [5.41, 5.74) is 0.356. The molecule has 2 rings (SSSR count). The molecule has 8 heteroatoms. The fourth-order valence-corrected chi connectivity index (χ4v) is 4.69. The van der Waals surface area contributed by atoms with E-state index >= 15 is 0 Å². The first-order valence-corrected chi connectivity index (χ1v) is 9.90. The highest BCUT2D eigenvalue weighted by Crippen LogP contribution is 2.26. The molecule has 1 aromatic rings. The number of rotatable bonds is 5. The quantitative estimate of drug-likeness (QED) is 0.789. The van der Waals surface area contributed by atoms with Crippen molar-refractivity contribution in [3.63, 3.8) is 0 Å². The Bertz CT molecular complexity index is 697. The van der Waals surface area contributed by atoms with Gasteiger partial charge in [0.2, 0.25) is 10.0 Å². The molecule has 0 spiro atoms. The third-order valence-corrected chi connectivity index (χ3v) is 6.82. The van der Waals surface area contributed by atoms with E-state index in [9.17, 15) is 13.2 Å².